The lowest BCUT2D eigenvalue weighted by molar-refractivity contribution is -0.198. The highest BCUT2D eigenvalue weighted by atomic mass is 35.5. The van der Waals surface area contributed by atoms with Crippen molar-refractivity contribution in [3.05, 3.63) is 58.3 Å². The van der Waals surface area contributed by atoms with Gasteiger partial charge in [-0.3, -0.25) is 4.79 Å². The van der Waals surface area contributed by atoms with E-state index in [1.807, 2.05) is 12.2 Å². The van der Waals surface area contributed by atoms with E-state index in [-0.39, 0.29) is 41.8 Å². The number of hydrogen-bond donors (Lipinski definition) is 3. The predicted octanol–water partition coefficient (Wildman–Crippen LogP) is 5.62. The topological polar surface area (TPSA) is 120 Å². The van der Waals surface area contributed by atoms with Gasteiger partial charge in [-0.1, -0.05) is 29.8 Å². The number of allylic oxidation sites excluding steroid dienone is 2. The Morgan fingerprint density at radius 1 is 1.25 bits per heavy atom. The summed E-state index contributed by atoms with van der Waals surface area (Å²) < 4.78 is 54.2. The maximum absolute atomic E-state index is 14.4. The maximum atomic E-state index is 14.4. The first-order valence-corrected chi connectivity index (χ1v) is 13.0. The van der Waals surface area contributed by atoms with E-state index in [1.165, 1.54) is 24.3 Å². The first kappa shape index (κ1) is 30.1. The molecular weight excluding hydrogens is 572 g/mol. The van der Waals surface area contributed by atoms with Gasteiger partial charge < -0.3 is 25.6 Å². The largest absolute Gasteiger partial charge is 0.480 e. The van der Waals surface area contributed by atoms with Crippen LogP contribution in [-0.2, 0) is 9.53 Å². The third-order valence-corrected chi connectivity index (χ3v) is 7.74. The summed E-state index contributed by atoms with van der Waals surface area (Å²) >= 11 is 6.14. The molecule has 1 saturated heterocycles. The van der Waals surface area contributed by atoms with Crippen LogP contribution in [0, 0.1) is 5.41 Å². The van der Waals surface area contributed by atoms with Crippen molar-refractivity contribution in [1.29, 1.82) is 0 Å². The van der Waals surface area contributed by atoms with Crippen LogP contribution < -0.4 is 15.8 Å². The number of carboxylic acids is 1. The van der Waals surface area contributed by atoms with Crippen LogP contribution in [0.15, 0.2) is 36.4 Å². The molecule has 8 nitrogen and oxygen atoms in total. The Kier molecular flexibility index (Phi) is 8.99. The summed E-state index contributed by atoms with van der Waals surface area (Å²) in [7, 11) is 0. The van der Waals surface area contributed by atoms with Crippen LogP contribution in [0.5, 0.6) is 5.88 Å². The first-order valence-electron chi connectivity index (χ1n) is 12.6. The molecular formula is C27H29Cl2F3N4O4. The van der Waals surface area contributed by atoms with E-state index < -0.39 is 24.3 Å². The molecule has 0 radical (unpaired) electrons. The average molecular weight is 601 g/mol. The molecule has 40 heavy (non-hydrogen) atoms. The lowest BCUT2D eigenvalue weighted by Gasteiger charge is -2.32. The molecule has 1 aromatic carbocycles. The summed E-state index contributed by atoms with van der Waals surface area (Å²) in [5.74, 6) is -1.38. The van der Waals surface area contributed by atoms with Crippen molar-refractivity contribution < 1.29 is 32.5 Å². The SMILES string of the molecule is Cl.Nc1nc(O[C@H](c2ccc(Cl)cc2C2=CCCOC2)C(F)(F)F)cc(C2=CCC3(CC2)CNC(C(=O)O)C3)n1. The summed E-state index contributed by atoms with van der Waals surface area (Å²) in [6, 6.07) is 4.96. The normalized spacial score (nSPS) is 23.6. The van der Waals surface area contributed by atoms with Crippen LogP contribution >= 0.6 is 24.0 Å². The summed E-state index contributed by atoms with van der Waals surface area (Å²) in [5, 5.41) is 12.7. The first-order chi connectivity index (χ1) is 18.5. The number of aromatic nitrogens is 2. The Morgan fingerprint density at radius 3 is 2.67 bits per heavy atom. The third-order valence-electron chi connectivity index (χ3n) is 7.50. The molecule has 3 heterocycles. The van der Waals surface area contributed by atoms with Crippen molar-refractivity contribution in [1.82, 2.24) is 15.3 Å². The van der Waals surface area contributed by atoms with Crippen molar-refractivity contribution in [2.24, 2.45) is 5.41 Å². The Hall–Kier alpha value is -2.86. The van der Waals surface area contributed by atoms with Gasteiger partial charge in [0, 0.05) is 23.2 Å². The number of halogens is 5. The minimum absolute atomic E-state index is 0. The van der Waals surface area contributed by atoms with Crippen molar-refractivity contribution in [3.63, 3.8) is 0 Å². The van der Waals surface area contributed by atoms with E-state index in [9.17, 15) is 23.1 Å². The number of anilines is 1. The van der Waals surface area contributed by atoms with Crippen LogP contribution in [0.2, 0.25) is 5.02 Å². The second-order valence-electron chi connectivity index (χ2n) is 10.2. The van der Waals surface area contributed by atoms with E-state index in [0.29, 0.717) is 67.1 Å². The fourth-order valence-electron chi connectivity index (χ4n) is 5.49. The quantitative estimate of drug-likeness (QED) is 0.391. The molecule has 2 aromatic rings. The summed E-state index contributed by atoms with van der Waals surface area (Å²) in [4.78, 5) is 19.5. The fourth-order valence-corrected chi connectivity index (χ4v) is 5.66. The number of rotatable bonds is 6. The number of nitrogens with two attached hydrogens (primary N) is 1. The highest BCUT2D eigenvalue weighted by molar-refractivity contribution is 6.30. The lowest BCUT2D eigenvalue weighted by Crippen LogP contribution is -2.30. The van der Waals surface area contributed by atoms with Crippen molar-refractivity contribution in [3.8, 4) is 5.88 Å². The molecule has 3 aliphatic rings. The third kappa shape index (κ3) is 6.54. The molecule has 1 aliphatic carbocycles. The molecule has 1 aromatic heterocycles. The fraction of sp³-hybridized carbons (Fsp3) is 0.444. The van der Waals surface area contributed by atoms with Gasteiger partial charge in [0.1, 0.15) is 6.04 Å². The minimum atomic E-state index is -4.77. The summed E-state index contributed by atoms with van der Waals surface area (Å²) in [5.41, 5.74) is 7.71. The number of alkyl halides is 3. The molecule has 13 heteroatoms. The van der Waals surface area contributed by atoms with Crippen LogP contribution in [0.25, 0.3) is 11.1 Å². The highest BCUT2D eigenvalue weighted by Gasteiger charge is 2.45. The van der Waals surface area contributed by atoms with Gasteiger partial charge in [0.15, 0.2) is 0 Å². The number of nitrogens with zero attached hydrogens (tertiary/aromatic N) is 2. The van der Waals surface area contributed by atoms with Gasteiger partial charge in [-0.25, -0.2) is 4.98 Å². The van der Waals surface area contributed by atoms with Crippen molar-refractivity contribution >= 4 is 47.1 Å². The molecule has 2 unspecified atom stereocenters. The molecule has 5 rings (SSSR count). The number of carboxylic acid groups (broad SMARTS) is 1. The zero-order valence-electron chi connectivity index (χ0n) is 21.3. The van der Waals surface area contributed by atoms with Crippen LogP contribution in [0.4, 0.5) is 19.1 Å². The van der Waals surface area contributed by atoms with Gasteiger partial charge in [-0.15, -0.1) is 12.4 Å². The molecule has 0 bridgehead atoms. The van der Waals surface area contributed by atoms with E-state index in [4.69, 9.17) is 26.8 Å². The zero-order chi connectivity index (χ0) is 27.8. The Labute approximate surface area is 240 Å². The predicted molar refractivity (Wildman–Crippen MR) is 146 cm³/mol. The zero-order valence-corrected chi connectivity index (χ0v) is 22.9. The number of nitrogens with one attached hydrogen (secondary N) is 1. The lowest BCUT2D eigenvalue weighted by atomic mass is 9.73. The molecule has 1 spiro atoms. The Balaban J connectivity index is 0.00000370. The molecule has 0 saturated carbocycles. The minimum Gasteiger partial charge on any atom is -0.480 e. The van der Waals surface area contributed by atoms with E-state index in [2.05, 4.69) is 15.3 Å². The monoisotopic (exact) mass is 600 g/mol. The molecule has 4 N–H and O–H groups in total. The van der Waals surface area contributed by atoms with Gasteiger partial charge in [0.05, 0.1) is 18.9 Å². The molecule has 216 valence electrons. The van der Waals surface area contributed by atoms with E-state index in [1.54, 1.807) is 0 Å². The second-order valence-corrected chi connectivity index (χ2v) is 10.6. The number of hydrogen-bond acceptors (Lipinski definition) is 7. The number of benzene rings is 1. The van der Waals surface area contributed by atoms with Crippen LogP contribution in [0.1, 0.15) is 55.0 Å². The Bertz CT molecular complexity index is 1340. The van der Waals surface area contributed by atoms with E-state index >= 15 is 0 Å². The number of aliphatic carboxylic acids is 1. The van der Waals surface area contributed by atoms with Gasteiger partial charge in [0.2, 0.25) is 17.9 Å². The van der Waals surface area contributed by atoms with E-state index in [0.717, 1.165) is 5.57 Å². The average Bonchev–Trinajstić information content (AvgIpc) is 3.31. The maximum Gasteiger partial charge on any atom is 0.429 e. The van der Waals surface area contributed by atoms with Gasteiger partial charge in [-0.2, -0.15) is 18.2 Å². The number of nitrogen functional groups attached to an aromatic ring is 1. The smallest absolute Gasteiger partial charge is 0.429 e. The van der Waals surface area contributed by atoms with Gasteiger partial charge in [0.25, 0.3) is 0 Å². The number of carbonyl (C=O) groups is 1. The summed E-state index contributed by atoms with van der Waals surface area (Å²) in [6.45, 7) is 1.25. The standard InChI is InChI=1S/C27H28ClF3N4O4.ClH/c28-17-3-4-18(19(10-17)16-2-1-9-38-13-16)23(27(29,30)31)39-22-11-20(34-25(32)35-22)15-5-7-26(8-6-15)12-21(24(36)37)33-14-26;/h2-5,10-11,21,23,33H,1,6-9,12-14H2,(H,36,37)(H2,32,34,35);1H/t21?,23-,26?;/m1./s1. The molecule has 1 fully saturated rings. The van der Waals surface area contributed by atoms with Crippen molar-refractivity contribution in [2.45, 2.75) is 50.4 Å². The Morgan fingerprint density at radius 2 is 2.05 bits per heavy atom. The van der Waals surface area contributed by atoms with Gasteiger partial charge in [-0.05, 0) is 66.4 Å². The second kappa shape index (κ2) is 11.9. The van der Waals surface area contributed by atoms with Crippen LogP contribution in [0.3, 0.4) is 0 Å². The van der Waals surface area contributed by atoms with Crippen molar-refractivity contribution in [2.75, 3.05) is 25.5 Å². The molecule has 0 amide bonds. The van der Waals surface area contributed by atoms with Crippen LogP contribution in [-0.4, -0.2) is 53.0 Å². The summed E-state index contributed by atoms with van der Waals surface area (Å²) in [6.07, 6.45) is -0.313. The number of ether oxygens (including phenoxy) is 2. The van der Waals surface area contributed by atoms with Gasteiger partial charge >= 0.3 is 12.1 Å². The highest BCUT2D eigenvalue weighted by Crippen LogP contribution is 2.45. The molecule has 2 aliphatic heterocycles. The molecule has 3 atom stereocenters.